The number of carboxylic acid groups (broad SMARTS) is 1. The molecule has 0 spiro atoms. The van der Waals surface area contributed by atoms with Crippen molar-refractivity contribution in [1.29, 1.82) is 0 Å². The van der Waals surface area contributed by atoms with Crippen LogP contribution in [0.25, 0.3) is 0 Å². The molecule has 4 nitrogen and oxygen atoms in total. The van der Waals surface area contributed by atoms with Gasteiger partial charge in [-0.2, -0.15) is 0 Å². The number of carbonyl (C=O) groups is 1. The van der Waals surface area contributed by atoms with Crippen molar-refractivity contribution in [3.05, 3.63) is 24.3 Å². The van der Waals surface area contributed by atoms with Crippen molar-refractivity contribution in [2.24, 2.45) is 17.8 Å². The SMILES string of the molecule is O=C(O)CCCC=CC[C@@H]1[C@H](C=CC(O)C2CCCCC2)[C@H]2CC[C@@H]1O2. The van der Waals surface area contributed by atoms with Crippen molar-refractivity contribution in [2.75, 3.05) is 0 Å². The molecular formula is C22H34O4. The summed E-state index contributed by atoms with van der Waals surface area (Å²) >= 11 is 0. The number of ether oxygens (including phenoxy) is 1. The minimum atomic E-state index is -0.721. The number of fused-ring (bicyclic) bond motifs is 2. The normalized spacial score (nSPS) is 33.4. The van der Waals surface area contributed by atoms with E-state index in [0.717, 1.165) is 38.5 Å². The zero-order chi connectivity index (χ0) is 18.4. The minimum absolute atomic E-state index is 0.242. The fourth-order valence-corrected chi connectivity index (χ4v) is 5.00. The molecule has 2 bridgehead atoms. The molecule has 2 saturated heterocycles. The number of hydrogen-bond acceptors (Lipinski definition) is 3. The molecule has 2 heterocycles. The summed E-state index contributed by atoms with van der Waals surface area (Å²) in [5, 5.41) is 19.2. The molecule has 1 unspecified atom stereocenters. The number of unbranched alkanes of at least 4 members (excludes halogenated alkanes) is 1. The van der Waals surface area contributed by atoms with E-state index in [9.17, 15) is 9.90 Å². The molecule has 4 heteroatoms. The summed E-state index contributed by atoms with van der Waals surface area (Å²) in [6, 6.07) is 0. The molecule has 0 aromatic carbocycles. The zero-order valence-electron chi connectivity index (χ0n) is 15.8. The van der Waals surface area contributed by atoms with Crippen LogP contribution in [0.15, 0.2) is 24.3 Å². The van der Waals surface area contributed by atoms with Gasteiger partial charge in [0.1, 0.15) is 0 Å². The lowest BCUT2D eigenvalue weighted by Crippen LogP contribution is -2.26. The van der Waals surface area contributed by atoms with Crippen molar-refractivity contribution >= 4 is 5.97 Å². The van der Waals surface area contributed by atoms with Gasteiger partial charge in [-0.05, 0) is 56.8 Å². The van der Waals surface area contributed by atoms with Gasteiger partial charge in [0, 0.05) is 12.3 Å². The lowest BCUT2D eigenvalue weighted by Gasteiger charge is -2.27. The molecule has 3 fully saturated rings. The Morgan fingerprint density at radius 1 is 1.08 bits per heavy atom. The lowest BCUT2D eigenvalue weighted by molar-refractivity contribution is -0.137. The number of aliphatic hydroxyl groups is 1. The van der Waals surface area contributed by atoms with E-state index in [1.807, 2.05) is 6.08 Å². The molecule has 1 aliphatic carbocycles. The van der Waals surface area contributed by atoms with Gasteiger partial charge in [0.15, 0.2) is 0 Å². The van der Waals surface area contributed by atoms with Crippen LogP contribution in [0.1, 0.15) is 70.6 Å². The monoisotopic (exact) mass is 362 g/mol. The summed E-state index contributed by atoms with van der Waals surface area (Å²) in [7, 11) is 0. The first-order chi connectivity index (χ1) is 12.6. The van der Waals surface area contributed by atoms with Gasteiger partial charge in [-0.3, -0.25) is 4.79 Å². The maximum atomic E-state index is 10.5. The van der Waals surface area contributed by atoms with Crippen LogP contribution < -0.4 is 0 Å². The molecule has 3 aliphatic rings. The van der Waals surface area contributed by atoms with Gasteiger partial charge in [-0.25, -0.2) is 0 Å². The van der Waals surface area contributed by atoms with Crippen LogP contribution in [0.3, 0.4) is 0 Å². The second-order valence-corrected chi connectivity index (χ2v) is 8.30. The van der Waals surface area contributed by atoms with Crippen LogP contribution in [0, 0.1) is 17.8 Å². The Balaban J connectivity index is 1.49. The van der Waals surface area contributed by atoms with Gasteiger partial charge in [-0.1, -0.05) is 43.6 Å². The molecule has 5 atom stereocenters. The first-order valence-corrected chi connectivity index (χ1v) is 10.5. The van der Waals surface area contributed by atoms with E-state index in [1.54, 1.807) is 0 Å². The predicted molar refractivity (Wildman–Crippen MR) is 102 cm³/mol. The van der Waals surface area contributed by atoms with E-state index in [1.165, 1.54) is 19.3 Å². The maximum absolute atomic E-state index is 10.5. The molecular weight excluding hydrogens is 328 g/mol. The number of aliphatic carboxylic acids is 1. The molecule has 1 saturated carbocycles. The predicted octanol–water partition coefficient (Wildman–Crippen LogP) is 4.48. The largest absolute Gasteiger partial charge is 0.481 e. The lowest BCUT2D eigenvalue weighted by atomic mass is 9.76. The summed E-state index contributed by atoms with van der Waals surface area (Å²) in [6.45, 7) is 0. The second-order valence-electron chi connectivity index (χ2n) is 8.30. The number of carboxylic acids is 1. The molecule has 2 aliphatic heterocycles. The average molecular weight is 363 g/mol. The molecule has 0 aromatic rings. The number of aliphatic hydroxyl groups excluding tert-OH is 1. The van der Waals surface area contributed by atoms with Crippen molar-refractivity contribution < 1.29 is 19.7 Å². The Morgan fingerprint density at radius 3 is 2.62 bits per heavy atom. The standard InChI is InChI=1S/C22H34O4/c23-19(16-8-4-3-5-9-16)13-12-18-17(20-14-15-21(18)26-20)10-6-1-2-7-11-22(24)25/h1,6,12-13,16-21,23H,2-5,7-11,14-15H2,(H,24,25)/t17-,18+,19?,20+,21-/m1/s1. The summed E-state index contributed by atoms with van der Waals surface area (Å²) < 4.78 is 6.14. The zero-order valence-corrected chi connectivity index (χ0v) is 15.8. The maximum Gasteiger partial charge on any atom is 0.303 e. The van der Waals surface area contributed by atoms with Gasteiger partial charge < -0.3 is 14.9 Å². The molecule has 0 amide bonds. The smallest absolute Gasteiger partial charge is 0.303 e. The highest BCUT2D eigenvalue weighted by atomic mass is 16.5. The van der Waals surface area contributed by atoms with Crippen LogP contribution in [0.2, 0.25) is 0 Å². The summed E-state index contributed by atoms with van der Waals surface area (Å²) in [4.78, 5) is 10.5. The molecule has 0 aromatic heterocycles. The highest BCUT2D eigenvalue weighted by Crippen LogP contribution is 2.46. The summed E-state index contributed by atoms with van der Waals surface area (Å²) in [6.07, 6.45) is 20.2. The fraction of sp³-hybridized carbons (Fsp3) is 0.773. The van der Waals surface area contributed by atoms with Crippen molar-refractivity contribution in [3.63, 3.8) is 0 Å². The molecule has 0 radical (unpaired) electrons. The first kappa shape index (κ1) is 19.6. The van der Waals surface area contributed by atoms with Gasteiger partial charge in [-0.15, -0.1) is 0 Å². The van der Waals surface area contributed by atoms with Crippen molar-refractivity contribution in [2.45, 2.75) is 88.9 Å². The van der Waals surface area contributed by atoms with E-state index in [2.05, 4.69) is 18.2 Å². The number of allylic oxidation sites excluding steroid dienone is 2. The van der Waals surface area contributed by atoms with Crippen LogP contribution in [-0.4, -0.2) is 34.5 Å². The van der Waals surface area contributed by atoms with E-state index in [0.29, 0.717) is 36.4 Å². The van der Waals surface area contributed by atoms with E-state index < -0.39 is 5.97 Å². The number of rotatable bonds is 9. The molecule has 26 heavy (non-hydrogen) atoms. The van der Waals surface area contributed by atoms with E-state index in [-0.39, 0.29) is 12.5 Å². The molecule has 2 N–H and O–H groups in total. The van der Waals surface area contributed by atoms with Gasteiger partial charge in [0.2, 0.25) is 0 Å². The molecule has 146 valence electrons. The Morgan fingerprint density at radius 2 is 1.85 bits per heavy atom. The summed E-state index contributed by atoms with van der Waals surface area (Å²) in [5.41, 5.74) is 0. The van der Waals surface area contributed by atoms with Gasteiger partial charge in [0.05, 0.1) is 18.3 Å². The Hall–Kier alpha value is -1.13. The van der Waals surface area contributed by atoms with Crippen molar-refractivity contribution in [3.8, 4) is 0 Å². The van der Waals surface area contributed by atoms with Crippen LogP contribution >= 0.6 is 0 Å². The highest BCUT2D eigenvalue weighted by molar-refractivity contribution is 5.66. The van der Waals surface area contributed by atoms with Crippen molar-refractivity contribution in [1.82, 2.24) is 0 Å². The fourth-order valence-electron chi connectivity index (χ4n) is 5.00. The highest BCUT2D eigenvalue weighted by Gasteiger charge is 2.46. The summed E-state index contributed by atoms with van der Waals surface area (Å²) in [5.74, 6) is 0.628. The third-order valence-corrected chi connectivity index (χ3v) is 6.49. The van der Waals surface area contributed by atoms with E-state index >= 15 is 0 Å². The second kappa shape index (κ2) is 9.70. The minimum Gasteiger partial charge on any atom is -0.481 e. The quantitative estimate of drug-likeness (QED) is 0.469. The number of hydrogen-bond donors (Lipinski definition) is 2. The van der Waals surface area contributed by atoms with Crippen LogP contribution in [-0.2, 0) is 9.53 Å². The van der Waals surface area contributed by atoms with E-state index in [4.69, 9.17) is 9.84 Å². The first-order valence-electron chi connectivity index (χ1n) is 10.5. The third kappa shape index (κ3) is 5.20. The Bertz CT molecular complexity index is 506. The van der Waals surface area contributed by atoms with Crippen LogP contribution in [0.5, 0.6) is 0 Å². The molecule has 3 rings (SSSR count). The van der Waals surface area contributed by atoms with Gasteiger partial charge >= 0.3 is 5.97 Å². The van der Waals surface area contributed by atoms with Crippen LogP contribution in [0.4, 0.5) is 0 Å². The topological polar surface area (TPSA) is 66.8 Å². The Kier molecular flexibility index (Phi) is 7.32. The van der Waals surface area contributed by atoms with Gasteiger partial charge in [0.25, 0.3) is 0 Å². The average Bonchev–Trinajstić information content (AvgIpc) is 3.24. The third-order valence-electron chi connectivity index (χ3n) is 6.49. The Labute approximate surface area is 157 Å².